The largest absolute Gasteiger partial charge is 0.351 e. The lowest BCUT2D eigenvalue weighted by atomic mass is 9.54. The molecule has 0 bridgehead atoms. The summed E-state index contributed by atoms with van der Waals surface area (Å²) < 4.78 is 12.4. The molecule has 0 aliphatic heterocycles. The molecule has 3 aliphatic carbocycles. The number of hydrogen-bond donors (Lipinski definition) is 0. The van der Waals surface area contributed by atoms with Crippen molar-refractivity contribution in [1.29, 1.82) is 10.5 Å². The van der Waals surface area contributed by atoms with Crippen LogP contribution < -0.4 is 0 Å². The molecular weight excluding hydrogens is 348 g/mol. The van der Waals surface area contributed by atoms with Gasteiger partial charge in [-0.15, -0.1) is 0 Å². The third-order valence-corrected chi connectivity index (χ3v) is 7.74. The Kier molecular flexibility index (Phi) is 3.53. The summed E-state index contributed by atoms with van der Waals surface area (Å²) in [5.41, 5.74) is 3.17. The molecule has 28 heavy (non-hydrogen) atoms. The average Bonchev–Trinajstić information content (AvgIpc) is 2.96. The number of methoxy groups -OCH3 is 2. The van der Waals surface area contributed by atoms with Crippen molar-refractivity contribution in [3.05, 3.63) is 70.8 Å². The van der Waals surface area contributed by atoms with Gasteiger partial charge in [-0.1, -0.05) is 30.7 Å². The van der Waals surface area contributed by atoms with Crippen LogP contribution in [0.25, 0.3) is 0 Å². The predicted molar refractivity (Wildman–Crippen MR) is 103 cm³/mol. The van der Waals surface area contributed by atoms with Crippen LogP contribution in [0.4, 0.5) is 0 Å². The van der Waals surface area contributed by atoms with Crippen LogP contribution >= 0.6 is 0 Å². The Labute approximate surface area is 165 Å². The van der Waals surface area contributed by atoms with Gasteiger partial charge in [0, 0.05) is 14.2 Å². The first-order valence-corrected chi connectivity index (χ1v) is 9.79. The lowest BCUT2D eigenvalue weighted by molar-refractivity contribution is -0.152. The minimum Gasteiger partial charge on any atom is -0.351 e. The SMILES string of the molecule is COC1(OC)[C@]2(c3ccc(C#N)cc3)[C@H]3CCC[C@H]3[C@]12c1ccc(C#N)cc1. The molecular formula is C24H22N2O2. The summed E-state index contributed by atoms with van der Waals surface area (Å²) in [7, 11) is 3.49. The fourth-order valence-corrected chi connectivity index (χ4v) is 7.13. The lowest BCUT2D eigenvalue weighted by Crippen LogP contribution is -2.49. The fraction of sp³-hybridized carbons (Fsp3) is 0.417. The molecule has 0 amide bonds. The van der Waals surface area contributed by atoms with Crippen molar-refractivity contribution >= 4 is 0 Å². The van der Waals surface area contributed by atoms with Gasteiger partial charge < -0.3 is 9.47 Å². The Morgan fingerprint density at radius 2 is 1.14 bits per heavy atom. The normalized spacial score (nSPS) is 33.7. The van der Waals surface area contributed by atoms with Gasteiger partial charge in [0.1, 0.15) is 0 Å². The Bertz CT molecular complexity index is 931. The van der Waals surface area contributed by atoms with E-state index in [1.165, 1.54) is 17.5 Å². The molecule has 2 aromatic carbocycles. The zero-order valence-corrected chi connectivity index (χ0v) is 16.1. The van der Waals surface area contributed by atoms with Crippen molar-refractivity contribution in [2.24, 2.45) is 11.8 Å². The Morgan fingerprint density at radius 3 is 1.46 bits per heavy atom. The van der Waals surface area contributed by atoms with Crippen LogP contribution in [-0.2, 0) is 20.3 Å². The summed E-state index contributed by atoms with van der Waals surface area (Å²) in [6, 6.07) is 20.3. The van der Waals surface area contributed by atoms with E-state index in [4.69, 9.17) is 9.47 Å². The van der Waals surface area contributed by atoms with Crippen LogP contribution in [0, 0.1) is 34.5 Å². The predicted octanol–water partition coefficient (Wildman–Crippen LogP) is 4.04. The first kappa shape index (κ1) is 17.4. The van der Waals surface area contributed by atoms with Gasteiger partial charge in [0.15, 0.2) is 5.79 Å². The second-order valence-corrected chi connectivity index (χ2v) is 8.16. The molecule has 4 atom stereocenters. The van der Waals surface area contributed by atoms with E-state index in [9.17, 15) is 10.5 Å². The highest BCUT2D eigenvalue weighted by Crippen LogP contribution is 2.92. The summed E-state index contributed by atoms with van der Waals surface area (Å²) >= 11 is 0. The van der Waals surface area contributed by atoms with Crippen molar-refractivity contribution in [3.63, 3.8) is 0 Å². The summed E-state index contributed by atoms with van der Waals surface area (Å²) in [6.45, 7) is 0. The van der Waals surface area contributed by atoms with Crippen molar-refractivity contribution in [2.45, 2.75) is 35.9 Å². The Morgan fingerprint density at radius 1 is 0.750 bits per heavy atom. The highest BCUT2D eigenvalue weighted by molar-refractivity contribution is 5.66. The minimum absolute atomic E-state index is 0.257. The van der Waals surface area contributed by atoms with E-state index in [1.54, 1.807) is 14.2 Å². The quantitative estimate of drug-likeness (QED) is 0.762. The number of benzene rings is 2. The van der Waals surface area contributed by atoms with Crippen LogP contribution in [-0.4, -0.2) is 20.0 Å². The maximum atomic E-state index is 9.21. The first-order valence-electron chi connectivity index (χ1n) is 9.79. The smallest absolute Gasteiger partial charge is 0.189 e. The van der Waals surface area contributed by atoms with Gasteiger partial charge in [0.05, 0.1) is 34.1 Å². The molecule has 2 aromatic rings. The molecule has 5 rings (SSSR count). The molecule has 4 nitrogen and oxygen atoms in total. The lowest BCUT2D eigenvalue weighted by Gasteiger charge is -2.46. The maximum absolute atomic E-state index is 9.21. The summed E-state index contributed by atoms with van der Waals surface area (Å²) in [6.07, 6.45) is 3.54. The molecule has 0 unspecified atom stereocenters. The zero-order valence-electron chi connectivity index (χ0n) is 16.1. The van der Waals surface area contributed by atoms with E-state index in [-0.39, 0.29) is 10.8 Å². The molecule has 0 N–H and O–H groups in total. The summed E-state index contributed by atoms with van der Waals surface area (Å²) in [5.74, 6) is 0.268. The Hall–Kier alpha value is -2.66. The van der Waals surface area contributed by atoms with E-state index < -0.39 is 5.79 Å². The van der Waals surface area contributed by atoms with E-state index in [0.29, 0.717) is 23.0 Å². The highest BCUT2D eigenvalue weighted by Gasteiger charge is 3.01. The molecule has 0 aromatic heterocycles. The van der Waals surface area contributed by atoms with Crippen LogP contribution in [0.15, 0.2) is 48.5 Å². The van der Waals surface area contributed by atoms with Crippen molar-refractivity contribution in [2.75, 3.05) is 14.2 Å². The van der Waals surface area contributed by atoms with Gasteiger partial charge in [0.2, 0.25) is 0 Å². The topological polar surface area (TPSA) is 66.0 Å². The minimum atomic E-state index is -0.724. The standard InChI is InChI=1S/C24H22N2O2/c1-27-24(28-2)22(18-10-6-16(14-25)7-11-18)20-4-3-5-21(20)23(22,24)19-12-8-17(15-26)9-13-19/h6-13,20-21H,3-5H2,1-2H3/t20-,21+,22+,23-. The number of rotatable bonds is 4. The first-order chi connectivity index (χ1) is 13.7. The third-order valence-electron chi connectivity index (χ3n) is 7.74. The van der Waals surface area contributed by atoms with Crippen LogP contribution in [0.3, 0.4) is 0 Å². The molecule has 3 saturated carbocycles. The molecule has 0 radical (unpaired) electrons. The maximum Gasteiger partial charge on any atom is 0.189 e. The average molecular weight is 370 g/mol. The molecule has 3 aliphatic rings. The summed E-state index contributed by atoms with van der Waals surface area (Å²) in [5, 5.41) is 18.4. The van der Waals surface area contributed by atoms with E-state index >= 15 is 0 Å². The molecule has 140 valence electrons. The molecule has 0 heterocycles. The van der Waals surface area contributed by atoms with Gasteiger partial charge in [0.25, 0.3) is 0 Å². The van der Waals surface area contributed by atoms with E-state index in [2.05, 4.69) is 36.4 Å². The van der Waals surface area contributed by atoms with E-state index in [1.807, 2.05) is 24.3 Å². The van der Waals surface area contributed by atoms with Crippen LogP contribution in [0.5, 0.6) is 0 Å². The van der Waals surface area contributed by atoms with E-state index in [0.717, 1.165) is 12.8 Å². The molecule has 0 spiro atoms. The molecule has 3 fully saturated rings. The van der Waals surface area contributed by atoms with Crippen molar-refractivity contribution < 1.29 is 9.47 Å². The number of ether oxygens (including phenoxy) is 2. The van der Waals surface area contributed by atoms with Gasteiger partial charge in [-0.25, -0.2) is 0 Å². The van der Waals surface area contributed by atoms with Gasteiger partial charge in [-0.2, -0.15) is 10.5 Å². The molecule has 0 saturated heterocycles. The second-order valence-electron chi connectivity index (χ2n) is 8.16. The monoisotopic (exact) mass is 370 g/mol. The third kappa shape index (κ3) is 1.56. The number of nitrogens with zero attached hydrogens (tertiary/aromatic N) is 2. The number of nitriles is 2. The zero-order chi connectivity index (χ0) is 19.6. The number of hydrogen-bond acceptors (Lipinski definition) is 4. The van der Waals surface area contributed by atoms with Gasteiger partial charge in [-0.3, -0.25) is 0 Å². The second kappa shape index (κ2) is 5.67. The Balaban J connectivity index is 1.74. The van der Waals surface area contributed by atoms with Crippen molar-refractivity contribution in [1.82, 2.24) is 0 Å². The highest BCUT2D eigenvalue weighted by atomic mass is 16.7. The summed E-state index contributed by atoms with van der Waals surface area (Å²) in [4.78, 5) is 0. The van der Waals surface area contributed by atoms with Crippen LogP contribution in [0.2, 0.25) is 0 Å². The van der Waals surface area contributed by atoms with Crippen molar-refractivity contribution in [3.8, 4) is 12.1 Å². The van der Waals surface area contributed by atoms with Gasteiger partial charge in [-0.05, 0) is 60.1 Å². The molecule has 4 heteroatoms. The number of fused-ring (bicyclic) bond motifs is 4. The van der Waals surface area contributed by atoms with Crippen LogP contribution in [0.1, 0.15) is 41.5 Å². The fourth-order valence-electron chi connectivity index (χ4n) is 7.13. The van der Waals surface area contributed by atoms with Gasteiger partial charge >= 0.3 is 0 Å².